The summed E-state index contributed by atoms with van der Waals surface area (Å²) >= 11 is 0. The van der Waals surface area contributed by atoms with Gasteiger partial charge in [0.15, 0.2) is 0 Å². The second-order valence-corrected chi connectivity index (χ2v) is 3.98. The molecule has 0 aliphatic rings. The first-order valence-corrected chi connectivity index (χ1v) is 5.48. The predicted molar refractivity (Wildman–Crippen MR) is 65.4 cm³/mol. The van der Waals surface area contributed by atoms with E-state index in [0.29, 0.717) is 6.07 Å². The average Bonchev–Trinajstić information content (AvgIpc) is 2.73. The number of anilines is 1. The van der Waals surface area contributed by atoms with E-state index in [1.54, 1.807) is 24.0 Å². The van der Waals surface area contributed by atoms with Gasteiger partial charge in [0.1, 0.15) is 11.6 Å². The van der Waals surface area contributed by atoms with Crippen molar-refractivity contribution in [1.82, 2.24) is 9.78 Å². The molecule has 0 aliphatic heterocycles. The summed E-state index contributed by atoms with van der Waals surface area (Å²) in [6, 6.07) is 3.44. The predicted octanol–water partition coefficient (Wildman–Crippen LogP) is 1.41. The number of nitrogens with zero attached hydrogens (tertiary/aromatic N) is 2. The standard InChI is InChI=1S/C12H12F2N4O/c1-18-7(2-3-17-18)6-16-11-4-8(12(15)19)9(13)5-10(11)14/h2-5,16H,6H2,1H3,(H2,15,19). The van der Waals surface area contributed by atoms with Gasteiger partial charge in [-0.25, -0.2) is 8.78 Å². The number of aryl methyl sites for hydroxylation is 1. The summed E-state index contributed by atoms with van der Waals surface area (Å²) in [7, 11) is 1.74. The van der Waals surface area contributed by atoms with Crippen molar-refractivity contribution in [3.8, 4) is 0 Å². The molecular formula is C12H12F2N4O. The average molecular weight is 266 g/mol. The quantitative estimate of drug-likeness (QED) is 0.878. The highest BCUT2D eigenvalue weighted by molar-refractivity contribution is 5.94. The summed E-state index contributed by atoms with van der Waals surface area (Å²) in [6.45, 7) is 0.289. The second-order valence-electron chi connectivity index (χ2n) is 3.98. The van der Waals surface area contributed by atoms with Crippen molar-refractivity contribution in [3.05, 3.63) is 47.3 Å². The van der Waals surface area contributed by atoms with Crippen molar-refractivity contribution in [2.24, 2.45) is 12.8 Å². The Labute approximate surface area is 108 Å². The van der Waals surface area contributed by atoms with Crippen LogP contribution in [0.1, 0.15) is 16.1 Å². The number of nitrogens with one attached hydrogen (secondary N) is 1. The summed E-state index contributed by atoms with van der Waals surface area (Å²) in [5, 5.41) is 6.73. The van der Waals surface area contributed by atoms with Gasteiger partial charge >= 0.3 is 0 Å². The zero-order chi connectivity index (χ0) is 14.0. The first kappa shape index (κ1) is 13.0. The summed E-state index contributed by atoms with van der Waals surface area (Å²) in [5.41, 5.74) is 5.47. The fourth-order valence-electron chi connectivity index (χ4n) is 1.63. The van der Waals surface area contributed by atoms with Crippen LogP contribution < -0.4 is 11.1 Å². The number of benzene rings is 1. The normalized spacial score (nSPS) is 10.5. The molecule has 100 valence electrons. The van der Waals surface area contributed by atoms with Crippen LogP contribution in [0.25, 0.3) is 0 Å². The van der Waals surface area contributed by atoms with Gasteiger partial charge in [0.2, 0.25) is 0 Å². The molecule has 0 radical (unpaired) electrons. The van der Waals surface area contributed by atoms with Gasteiger partial charge in [0.25, 0.3) is 5.91 Å². The van der Waals surface area contributed by atoms with Gasteiger partial charge in [-0.1, -0.05) is 0 Å². The van der Waals surface area contributed by atoms with E-state index in [2.05, 4.69) is 10.4 Å². The van der Waals surface area contributed by atoms with E-state index in [1.807, 2.05) is 0 Å². The van der Waals surface area contributed by atoms with Crippen molar-refractivity contribution >= 4 is 11.6 Å². The maximum absolute atomic E-state index is 13.5. The number of amides is 1. The number of hydrogen-bond acceptors (Lipinski definition) is 3. The van der Waals surface area contributed by atoms with E-state index in [0.717, 1.165) is 11.8 Å². The van der Waals surface area contributed by atoms with Gasteiger partial charge in [0.05, 0.1) is 23.5 Å². The fourth-order valence-corrected chi connectivity index (χ4v) is 1.63. The molecule has 1 aromatic carbocycles. The molecule has 1 heterocycles. The number of carbonyl (C=O) groups is 1. The Balaban J connectivity index is 2.23. The number of halogens is 2. The van der Waals surface area contributed by atoms with Crippen molar-refractivity contribution < 1.29 is 13.6 Å². The minimum atomic E-state index is -0.976. The number of primary amides is 1. The number of aromatic nitrogens is 2. The second kappa shape index (κ2) is 5.05. The largest absolute Gasteiger partial charge is 0.377 e. The van der Waals surface area contributed by atoms with Crippen LogP contribution in [-0.2, 0) is 13.6 Å². The molecule has 0 bridgehead atoms. The third-order valence-corrected chi connectivity index (χ3v) is 2.70. The Morgan fingerprint density at radius 2 is 2.16 bits per heavy atom. The van der Waals surface area contributed by atoms with Crippen LogP contribution >= 0.6 is 0 Å². The van der Waals surface area contributed by atoms with E-state index < -0.39 is 17.5 Å². The van der Waals surface area contributed by atoms with E-state index >= 15 is 0 Å². The molecule has 7 heteroatoms. The number of rotatable bonds is 4. The van der Waals surface area contributed by atoms with Crippen LogP contribution in [0, 0.1) is 11.6 Å². The van der Waals surface area contributed by atoms with Crippen LogP contribution in [0.5, 0.6) is 0 Å². The molecule has 0 saturated heterocycles. The molecule has 19 heavy (non-hydrogen) atoms. The topological polar surface area (TPSA) is 72.9 Å². The smallest absolute Gasteiger partial charge is 0.251 e. The van der Waals surface area contributed by atoms with Crippen LogP contribution in [0.2, 0.25) is 0 Å². The lowest BCUT2D eigenvalue weighted by Gasteiger charge is -2.09. The van der Waals surface area contributed by atoms with Gasteiger partial charge in [-0.05, 0) is 12.1 Å². The van der Waals surface area contributed by atoms with E-state index in [4.69, 9.17) is 5.73 Å². The van der Waals surface area contributed by atoms with Crippen LogP contribution in [0.15, 0.2) is 24.4 Å². The highest BCUT2D eigenvalue weighted by Crippen LogP contribution is 2.20. The summed E-state index contributed by atoms with van der Waals surface area (Å²) in [5.74, 6) is -2.71. The number of nitrogens with two attached hydrogens (primary N) is 1. The summed E-state index contributed by atoms with van der Waals surface area (Å²) < 4.78 is 28.4. The van der Waals surface area contributed by atoms with E-state index in [1.165, 1.54) is 0 Å². The fraction of sp³-hybridized carbons (Fsp3) is 0.167. The molecule has 5 nitrogen and oxygen atoms in total. The molecule has 0 spiro atoms. The zero-order valence-corrected chi connectivity index (χ0v) is 10.2. The monoisotopic (exact) mass is 266 g/mol. The van der Waals surface area contributed by atoms with Crippen molar-refractivity contribution in [3.63, 3.8) is 0 Å². The molecule has 1 amide bonds. The van der Waals surface area contributed by atoms with Crippen LogP contribution in [-0.4, -0.2) is 15.7 Å². The lowest BCUT2D eigenvalue weighted by Crippen LogP contribution is -2.15. The van der Waals surface area contributed by atoms with Crippen LogP contribution in [0.4, 0.5) is 14.5 Å². The molecule has 0 aliphatic carbocycles. The Morgan fingerprint density at radius 1 is 1.42 bits per heavy atom. The lowest BCUT2D eigenvalue weighted by atomic mass is 10.1. The molecule has 0 saturated carbocycles. The third-order valence-electron chi connectivity index (χ3n) is 2.70. The van der Waals surface area contributed by atoms with Crippen molar-refractivity contribution in [1.29, 1.82) is 0 Å². The first-order valence-electron chi connectivity index (χ1n) is 5.48. The molecule has 2 aromatic rings. The molecule has 0 atom stereocenters. The van der Waals surface area contributed by atoms with Gasteiger partial charge in [-0.2, -0.15) is 5.10 Å². The highest BCUT2D eigenvalue weighted by atomic mass is 19.1. The van der Waals surface area contributed by atoms with Gasteiger partial charge < -0.3 is 11.1 Å². The van der Waals surface area contributed by atoms with Gasteiger partial charge in [-0.3, -0.25) is 9.48 Å². The molecule has 1 aromatic heterocycles. The SMILES string of the molecule is Cn1nccc1CNc1cc(C(N)=O)c(F)cc1F. The molecular weight excluding hydrogens is 254 g/mol. The van der Waals surface area contributed by atoms with Gasteiger partial charge in [-0.15, -0.1) is 0 Å². The summed E-state index contributed by atoms with van der Waals surface area (Å²) in [4.78, 5) is 11.0. The Kier molecular flexibility index (Phi) is 3.46. The summed E-state index contributed by atoms with van der Waals surface area (Å²) in [6.07, 6.45) is 1.60. The maximum Gasteiger partial charge on any atom is 0.251 e. The van der Waals surface area contributed by atoms with E-state index in [-0.39, 0.29) is 17.8 Å². The number of carbonyl (C=O) groups excluding carboxylic acids is 1. The Bertz CT molecular complexity index is 624. The maximum atomic E-state index is 13.5. The first-order chi connectivity index (χ1) is 8.99. The highest BCUT2D eigenvalue weighted by Gasteiger charge is 2.13. The molecule has 2 rings (SSSR count). The zero-order valence-electron chi connectivity index (χ0n) is 10.2. The molecule has 3 N–H and O–H groups in total. The van der Waals surface area contributed by atoms with Gasteiger partial charge in [0, 0.05) is 19.3 Å². The number of hydrogen-bond donors (Lipinski definition) is 2. The molecule has 0 unspecified atom stereocenters. The van der Waals surface area contributed by atoms with Crippen molar-refractivity contribution in [2.45, 2.75) is 6.54 Å². The van der Waals surface area contributed by atoms with E-state index in [9.17, 15) is 13.6 Å². The third kappa shape index (κ3) is 2.70. The Morgan fingerprint density at radius 3 is 2.74 bits per heavy atom. The van der Waals surface area contributed by atoms with Crippen molar-refractivity contribution in [2.75, 3.05) is 5.32 Å². The molecule has 0 fully saturated rings. The minimum Gasteiger partial charge on any atom is -0.377 e. The Hall–Kier alpha value is -2.44. The minimum absolute atomic E-state index is 0.0106. The lowest BCUT2D eigenvalue weighted by molar-refractivity contribution is 0.0996. The van der Waals surface area contributed by atoms with Crippen LogP contribution in [0.3, 0.4) is 0 Å².